The van der Waals surface area contributed by atoms with Gasteiger partial charge in [-0.25, -0.2) is 0 Å². The first-order chi connectivity index (χ1) is 7.65. The maximum Gasteiger partial charge on any atom is 0.232 e. The van der Waals surface area contributed by atoms with Crippen LogP contribution in [0.2, 0.25) is 0 Å². The van der Waals surface area contributed by atoms with Gasteiger partial charge in [0.2, 0.25) is 5.91 Å². The van der Waals surface area contributed by atoms with Crippen molar-refractivity contribution in [2.75, 3.05) is 24.6 Å². The number of carbonyl (C=O) groups is 1. The summed E-state index contributed by atoms with van der Waals surface area (Å²) in [6, 6.07) is 0. The van der Waals surface area contributed by atoms with E-state index in [-0.39, 0.29) is 5.91 Å². The number of rotatable bonds is 6. The first-order valence-electron chi connectivity index (χ1n) is 6.23. The third-order valence-electron chi connectivity index (χ3n) is 3.49. The lowest BCUT2D eigenvalue weighted by Gasteiger charge is -2.47. The van der Waals surface area contributed by atoms with Gasteiger partial charge in [0.15, 0.2) is 0 Å². The lowest BCUT2D eigenvalue weighted by molar-refractivity contribution is -0.156. The van der Waals surface area contributed by atoms with Crippen molar-refractivity contribution in [3.63, 3.8) is 0 Å². The number of thioether (sulfide) groups is 1. The topological polar surface area (TPSA) is 40.5 Å². The number of nitrogens with zero attached hydrogens (tertiary/aromatic N) is 1. The van der Waals surface area contributed by atoms with Crippen molar-refractivity contribution in [3.8, 4) is 0 Å². The Hall–Kier alpha value is -0.220. The lowest BCUT2D eigenvalue weighted by atomic mass is 9.89. The molecule has 0 aromatic heterocycles. The van der Waals surface area contributed by atoms with Crippen molar-refractivity contribution in [1.29, 1.82) is 0 Å². The minimum atomic E-state index is -0.524. The Morgan fingerprint density at radius 1 is 1.50 bits per heavy atom. The normalized spacial score (nSPS) is 23.0. The number of hydrogen-bond donors (Lipinski definition) is 1. The predicted molar refractivity (Wildman–Crippen MR) is 66.5 cm³/mol. The van der Waals surface area contributed by atoms with Crippen LogP contribution in [0.25, 0.3) is 0 Å². The fraction of sp³-hybridized carbons (Fsp3) is 0.917. The molecule has 1 saturated heterocycles. The highest BCUT2D eigenvalue weighted by atomic mass is 32.2. The summed E-state index contributed by atoms with van der Waals surface area (Å²) < 4.78 is 0. The third-order valence-corrected chi connectivity index (χ3v) is 4.52. The van der Waals surface area contributed by atoms with E-state index >= 15 is 0 Å². The van der Waals surface area contributed by atoms with E-state index in [0.717, 1.165) is 18.6 Å². The molecule has 16 heavy (non-hydrogen) atoms. The Kier molecular flexibility index (Phi) is 3.80. The van der Waals surface area contributed by atoms with E-state index in [1.807, 2.05) is 0 Å². The molecule has 0 radical (unpaired) electrons. The van der Waals surface area contributed by atoms with Gasteiger partial charge in [-0.2, -0.15) is 11.8 Å². The van der Waals surface area contributed by atoms with Gasteiger partial charge < -0.3 is 10.0 Å². The van der Waals surface area contributed by atoms with Gasteiger partial charge in [0.25, 0.3) is 0 Å². The summed E-state index contributed by atoms with van der Waals surface area (Å²) in [6.07, 6.45) is 4.66. The van der Waals surface area contributed by atoms with Crippen molar-refractivity contribution in [3.05, 3.63) is 0 Å². The number of amides is 1. The first kappa shape index (κ1) is 12.2. The molecule has 1 heterocycles. The Morgan fingerprint density at radius 3 is 2.75 bits per heavy atom. The average Bonchev–Trinajstić information content (AvgIpc) is 3.03. The van der Waals surface area contributed by atoms with Gasteiger partial charge in [0, 0.05) is 0 Å². The van der Waals surface area contributed by atoms with Crippen molar-refractivity contribution in [1.82, 2.24) is 4.90 Å². The highest BCUT2D eigenvalue weighted by Gasteiger charge is 2.52. The zero-order valence-electron chi connectivity index (χ0n) is 9.95. The van der Waals surface area contributed by atoms with Crippen LogP contribution in [0.15, 0.2) is 0 Å². The summed E-state index contributed by atoms with van der Waals surface area (Å²) >= 11 is 1.71. The molecule has 2 rings (SSSR count). The quantitative estimate of drug-likeness (QED) is 0.719. The second kappa shape index (κ2) is 4.96. The summed E-state index contributed by atoms with van der Waals surface area (Å²) in [7, 11) is 0. The average molecular weight is 243 g/mol. The highest BCUT2D eigenvalue weighted by Crippen LogP contribution is 2.44. The Labute approximate surface area is 102 Å². The van der Waals surface area contributed by atoms with Crippen molar-refractivity contribution in [2.45, 2.75) is 38.2 Å². The molecule has 1 amide bonds. The van der Waals surface area contributed by atoms with Crippen LogP contribution >= 0.6 is 11.8 Å². The van der Waals surface area contributed by atoms with Crippen LogP contribution in [0.1, 0.15) is 32.6 Å². The van der Waals surface area contributed by atoms with Crippen LogP contribution in [-0.2, 0) is 4.79 Å². The molecule has 2 fully saturated rings. The van der Waals surface area contributed by atoms with Crippen molar-refractivity contribution in [2.24, 2.45) is 5.92 Å². The third kappa shape index (κ3) is 2.72. The molecule has 1 aliphatic heterocycles. The number of hydrogen-bond acceptors (Lipinski definition) is 3. The standard InChI is InChI=1S/C12H21NO2S/c1-2-3-6-16-7-11(14)13-8-12(15,9-13)10-4-5-10/h10,15H,2-9H2,1H3. The number of unbranched alkanes of at least 4 members (excludes halogenated alkanes) is 1. The number of aliphatic hydroxyl groups is 1. The molecule has 1 N–H and O–H groups in total. The van der Waals surface area contributed by atoms with Crippen molar-refractivity contribution < 1.29 is 9.90 Å². The summed E-state index contributed by atoms with van der Waals surface area (Å²) in [4.78, 5) is 13.5. The van der Waals surface area contributed by atoms with Gasteiger partial charge in [-0.1, -0.05) is 13.3 Å². The molecule has 0 aromatic carbocycles. The fourth-order valence-electron chi connectivity index (χ4n) is 2.17. The van der Waals surface area contributed by atoms with E-state index in [0.29, 0.717) is 24.8 Å². The Morgan fingerprint density at radius 2 is 2.19 bits per heavy atom. The van der Waals surface area contributed by atoms with Gasteiger partial charge in [-0.3, -0.25) is 4.79 Å². The smallest absolute Gasteiger partial charge is 0.232 e. The molecule has 2 aliphatic rings. The van der Waals surface area contributed by atoms with Gasteiger partial charge in [-0.15, -0.1) is 0 Å². The zero-order chi connectivity index (χ0) is 11.6. The highest BCUT2D eigenvalue weighted by molar-refractivity contribution is 7.99. The van der Waals surface area contributed by atoms with E-state index in [1.165, 1.54) is 12.8 Å². The summed E-state index contributed by atoms with van der Waals surface area (Å²) in [5.74, 6) is 2.33. The van der Waals surface area contributed by atoms with Crippen LogP contribution in [0.3, 0.4) is 0 Å². The SMILES string of the molecule is CCCCSCC(=O)N1CC(O)(C2CC2)C1. The maximum atomic E-state index is 11.7. The van der Waals surface area contributed by atoms with Crippen LogP contribution in [-0.4, -0.2) is 46.1 Å². The van der Waals surface area contributed by atoms with E-state index in [4.69, 9.17) is 0 Å². The van der Waals surface area contributed by atoms with Gasteiger partial charge in [0.1, 0.15) is 5.60 Å². The van der Waals surface area contributed by atoms with E-state index in [1.54, 1.807) is 16.7 Å². The monoisotopic (exact) mass is 243 g/mol. The molecule has 1 aliphatic carbocycles. The molecule has 3 nitrogen and oxygen atoms in total. The van der Waals surface area contributed by atoms with E-state index in [2.05, 4.69) is 6.92 Å². The van der Waals surface area contributed by atoms with Crippen LogP contribution < -0.4 is 0 Å². The second-order valence-corrected chi connectivity index (χ2v) is 6.14. The maximum absolute atomic E-state index is 11.7. The van der Waals surface area contributed by atoms with Crippen molar-refractivity contribution >= 4 is 17.7 Å². The van der Waals surface area contributed by atoms with Gasteiger partial charge in [-0.05, 0) is 30.9 Å². The molecule has 4 heteroatoms. The fourth-order valence-corrected chi connectivity index (χ4v) is 3.16. The molecule has 0 aromatic rings. The summed E-state index contributed by atoms with van der Waals surface area (Å²) in [6.45, 7) is 3.31. The summed E-state index contributed by atoms with van der Waals surface area (Å²) in [5.41, 5.74) is -0.524. The molecule has 0 unspecified atom stereocenters. The van der Waals surface area contributed by atoms with Crippen LogP contribution in [0, 0.1) is 5.92 Å². The predicted octanol–water partition coefficient (Wildman–Crippen LogP) is 1.50. The minimum absolute atomic E-state index is 0.200. The second-order valence-electron chi connectivity index (χ2n) is 5.03. The number of likely N-dealkylation sites (tertiary alicyclic amines) is 1. The Bertz CT molecular complexity index is 260. The molecule has 1 saturated carbocycles. The molecule has 0 atom stereocenters. The molecular formula is C12H21NO2S. The lowest BCUT2D eigenvalue weighted by Crippen LogP contribution is -2.65. The Balaban J connectivity index is 1.61. The molecule has 0 bridgehead atoms. The largest absolute Gasteiger partial charge is 0.386 e. The zero-order valence-corrected chi connectivity index (χ0v) is 10.8. The number of β-amino-alcohol motifs (C(OH)–C–C–N with tert-alkyl or cyclic N) is 1. The van der Waals surface area contributed by atoms with E-state index in [9.17, 15) is 9.90 Å². The molecule has 92 valence electrons. The van der Waals surface area contributed by atoms with Gasteiger partial charge >= 0.3 is 0 Å². The molecule has 0 spiro atoms. The molecular weight excluding hydrogens is 222 g/mol. The minimum Gasteiger partial charge on any atom is -0.386 e. The summed E-state index contributed by atoms with van der Waals surface area (Å²) in [5, 5.41) is 10.1. The van der Waals surface area contributed by atoms with Crippen LogP contribution in [0.4, 0.5) is 0 Å². The number of carbonyl (C=O) groups excluding carboxylic acids is 1. The van der Waals surface area contributed by atoms with Gasteiger partial charge in [0.05, 0.1) is 18.8 Å². The first-order valence-corrected chi connectivity index (χ1v) is 7.39. The van der Waals surface area contributed by atoms with E-state index < -0.39 is 5.60 Å². The van der Waals surface area contributed by atoms with Crippen LogP contribution in [0.5, 0.6) is 0 Å².